The van der Waals surface area contributed by atoms with Gasteiger partial charge in [-0.3, -0.25) is 9.59 Å². The third kappa shape index (κ3) is 5.57. The number of oxazole rings is 1. The third-order valence-electron chi connectivity index (χ3n) is 8.66. The van der Waals surface area contributed by atoms with Gasteiger partial charge in [0.2, 0.25) is 11.7 Å². The van der Waals surface area contributed by atoms with Crippen molar-refractivity contribution < 1.29 is 32.3 Å². The molecular formula is C32H35F2N3O5. The number of carbonyl (C=O) groups is 2. The lowest BCUT2D eigenvalue weighted by Crippen LogP contribution is -2.54. The molecule has 3 heterocycles. The van der Waals surface area contributed by atoms with Gasteiger partial charge in [-0.2, -0.15) is 4.39 Å². The van der Waals surface area contributed by atoms with Crippen LogP contribution in [0.25, 0.3) is 33.5 Å². The summed E-state index contributed by atoms with van der Waals surface area (Å²) in [6.45, 7) is 0.909. The van der Waals surface area contributed by atoms with E-state index in [0.717, 1.165) is 31.2 Å². The van der Waals surface area contributed by atoms with Gasteiger partial charge in [0.05, 0.1) is 18.8 Å². The van der Waals surface area contributed by atoms with Crippen molar-refractivity contribution in [2.45, 2.75) is 63.4 Å². The molecule has 1 saturated carbocycles. The van der Waals surface area contributed by atoms with E-state index in [1.807, 2.05) is 17.8 Å². The van der Waals surface area contributed by atoms with Crippen LogP contribution < -0.4 is 0 Å². The molecule has 0 amide bonds. The minimum absolute atomic E-state index is 0.170. The number of likely N-dealkylation sites (tertiary alicyclic amines) is 1. The normalized spacial score (nSPS) is 21.1. The Bertz CT molecular complexity index is 1620. The summed E-state index contributed by atoms with van der Waals surface area (Å²) in [5.74, 6) is -3.24. The van der Waals surface area contributed by atoms with Crippen LogP contribution in [0, 0.1) is 11.7 Å². The number of ketones is 1. The quantitative estimate of drug-likeness (QED) is 0.175. The lowest BCUT2D eigenvalue weighted by atomic mass is 9.85. The van der Waals surface area contributed by atoms with Crippen LogP contribution in [0.1, 0.15) is 50.5 Å². The number of esters is 1. The first kappa shape index (κ1) is 28.5. The number of carbonyl (C=O) groups excluding carboxylic acids is 2. The molecule has 1 saturated heterocycles. The number of hydrogen-bond donors (Lipinski definition) is 0. The van der Waals surface area contributed by atoms with Crippen molar-refractivity contribution in [3.8, 4) is 11.5 Å². The van der Waals surface area contributed by atoms with E-state index in [4.69, 9.17) is 13.9 Å². The van der Waals surface area contributed by atoms with E-state index in [1.54, 1.807) is 24.3 Å². The number of alkyl halides is 1. The number of benzene rings is 2. The minimum atomic E-state index is -2.52. The Kier molecular flexibility index (Phi) is 7.85. The van der Waals surface area contributed by atoms with Crippen LogP contribution in [0.5, 0.6) is 0 Å². The van der Waals surface area contributed by atoms with Crippen LogP contribution >= 0.6 is 0 Å². The van der Waals surface area contributed by atoms with Crippen molar-refractivity contribution >= 4 is 33.8 Å². The second-order valence-corrected chi connectivity index (χ2v) is 11.5. The average Bonchev–Trinajstić information content (AvgIpc) is 3.73. The van der Waals surface area contributed by atoms with Crippen LogP contribution in [0.2, 0.25) is 0 Å². The molecule has 2 aromatic carbocycles. The fraction of sp³-hybridized carbons (Fsp3) is 0.469. The molecule has 0 radical (unpaired) electrons. The molecule has 0 N–H and O–H groups in total. The lowest BCUT2D eigenvalue weighted by Gasteiger charge is -2.38. The largest absolute Gasteiger partial charge is 0.469 e. The molecule has 222 valence electrons. The molecule has 0 spiro atoms. The summed E-state index contributed by atoms with van der Waals surface area (Å²) in [7, 11) is 3.25. The molecular weight excluding hydrogens is 544 g/mol. The summed E-state index contributed by atoms with van der Waals surface area (Å²) in [5.41, 5.74) is 3.14. The maximum Gasteiger partial charge on any atom is 0.330 e. The predicted octanol–water partition coefficient (Wildman–Crippen LogP) is 6.09. The Morgan fingerprint density at radius 3 is 2.60 bits per heavy atom. The van der Waals surface area contributed by atoms with E-state index >= 15 is 4.39 Å². The topological polar surface area (TPSA) is 86.8 Å². The van der Waals surface area contributed by atoms with E-state index in [9.17, 15) is 14.0 Å². The smallest absolute Gasteiger partial charge is 0.330 e. The van der Waals surface area contributed by atoms with Gasteiger partial charge in [-0.25, -0.2) is 14.3 Å². The Morgan fingerprint density at radius 1 is 1.10 bits per heavy atom. The molecule has 1 unspecified atom stereocenters. The predicted molar refractivity (Wildman–Crippen MR) is 153 cm³/mol. The summed E-state index contributed by atoms with van der Waals surface area (Å²) in [6, 6.07) is 9.77. The second-order valence-electron chi connectivity index (χ2n) is 11.5. The SMILES string of the molecule is COC(=O)CC1CCC(OC(F)(C(=O)Cc2ccc3nc(-c4cn(C)c5ccc(F)cc45)oc3c2)N2CCCC2)CC1. The summed E-state index contributed by atoms with van der Waals surface area (Å²) in [6.07, 6.45) is 5.83. The van der Waals surface area contributed by atoms with E-state index in [2.05, 4.69) is 4.98 Å². The van der Waals surface area contributed by atoms with Gasteiger partial charge in [-0.05, 0) is 80.3 Å². The summed E-state index contributed by atoms with van der Waals surface area (Å²) in [5, 5.41) is 0.684. The number of hydrogen-bond acceptors (Lipinski definition) is 7. The number of rotatable bonds is 9. The fourth-order valence-electron chi connectivity index (χ4n) is 6.34. The van der Waals surface area contributed by atoms with Gasteiger partial charge in [-0.15, -0.1) is 0 Å². The van der Waals surface area contributed by atoms with Gasteiger partial charge in [0.25, 0.3) is 0 Å². The number of methoxy groups -OCH3 is 1. The van der Waals surface area contributed by atoms with Crippen molar-refractivity contribution in [3.63, 3.8) is 0 Å². The standard InChI is InChI=1S/C32H35F2N3O5/c1-36-19-25(24-18-22(33)8-12-27(24)36)31-35-26-11-7-21(15-28(26)41-31)16-29(38)32(34,37-13-3-4-14-37)42-23-9-5-20(6-10-23)17-30(39)40-2/h7-8,11-12,15,18-20,23H,3-6,9-10,13-14,16-17H2,1-2H3. The molecule has 10 heteroatoms. The Hall–Kier alpha value is -3.63. The van der Waals surface area contributed by atoms with Crippen molar-refractivity contribution in [1.82, 2.24) is 14.5 Å². The monoisotopic (exact) mass is 579 g/mol. The molecule has 6 rings (SSSR count). The molecule has 0 bridgehead atoms. The zero-order valence-corrected chi connectivity index (χ0v) is 23.9. The maximum absolute atomic E-state index is 16.7. The highest BCUT2D eigenvalue weighted by Crippen LogP contribution is 2.36. The van der Waals surface area contributed by atoms with Gasteiger partial charge in [0.1, 0.15) is 11.3 Å². The number of halogens is 2. The average molecular weight is 580 g/mol. The fourth-order valence-corrected chi connectivity index (χ4v) is 6.34. The maximum atomic E-state index is 16.7. The third-order valence-corrected chi connectivity index (χ3v) is 8.66. The number of aryl methyl sites for hydroxylation is 1. The van der Waals surface area contributed by atoms with E-state index < -0.39 is 17.9 Å². The second kappa shape index (κ2) is 11.6. The van der Waals surface area contributed by atoms with Gasteiger partial charge in [-0.1, -0.05) is 6.07 Å². The van der Waals surface area contributed by atoms with Crippen LogP contribution in [0.15, 0.2) is 47.0 Å². The summed E-state index contributed by atoms with van der Waals surface area (Å²) < 4.78 is 49.4. The first-order valence-electron chi connectivity index (χ1n) is 14.6. The molecule has 42 heavy (non-hydrogen) atoms. The molecule has 1 aliphatic heterocycles. The number of fused-ring (bicyclic) bond motifs is 2. The minimum Gasteiger partial charge on any atom is -0.469 e. The van der Waals surface area contributed by atoms with Crippen molar-refractivity contribution in [2.24, 2.45) is 13.0 Å². The molecule has 1 aliphatic carbocycles. The molecule has 1 atom stereocenters. The van der Waals surface area contributed by atoms with E-state index in [1.165, 1.54) is 24.1 Å². The van der Waals surface area contributed by atoms with Crippen molar-refractivity contribution in [2.75, 3.05) is 20.2 Å². The van der Waals surface area contributed by atoms with Gasteiger partial charge < -0.3 is 18.5 Å². The highest BCUT2D eigenvalue weighted by atomic mass is 19.2. The first-order valence-corrected chi connectivity index (χ1v) is 14.6. The number of Topliss-reactive ketones (excluding diaryl/α,β-unsaturated/α-hetero) is 1. The van der Waals surface area contributed by atoms with E-state index in [0.29, 0.717) is 65.9 Å². The first-order chi connectivity index (χ1) is 20.2. The number of nitrogens with zero attached hydrogens (tertiary/aromatic N) is 3. The van der Waals surface area contributed by atoms with Crippen LogP contribution in [-0.4, -0.2) is 58.5 Å². The Labute approximate surface area is 242 Å². The highest BCUT2D eigenvalue weighted by Gasteiger charge is 2.48. The summed E-state index contributed by atoms with van der Waals surface area (Å²) in [4.78, 5) is 31.4. The van der Waals surface area contributed by atoms with Crippen molar-refractivity contribution in [3.05, 3.63) is 54.0 Å². The highest BCUT2D eigenvalue weighted by molar-refractivity contribution is 5.95. The van der Waals surface area contributed by atoms with E-state index in [-0.39, 0.29) is 24.1 Å². The van der Waals surface area contributed by atoms with Crippen LogP contribution in [0.3, 0.4) is 0 Å². The Balaban J connectivity index is 1.20. The summed E-state index contributed by atoms with van der Waals surface area (Å²) >= 11 is 0. The molecule has 4 aromatic rings. The Morgan fingerprint density at radius 2 is 1.86 bits per heavy atom. The zero-order valence-electron chi connectivity index (χ0n) is 23.9. The van der Waals surface area contributed by atoms with Crippen LogP contribution in [0.4, 0.5) is 8.78 Å². The molecule has 8 nitrogen and oxygen atoms in total. The molecule has 2 aliphatic rings. The van der Waals surface area contributed by atoms with Crippen molar-refractivity contribution in [1.29, 1.82) is 0 Å². The van der Waals surface area contributed by atoms with Gasteiger partial charge in [0, 0.05) is 50.1 Å². The lowest BCUT2D eigenvalue weighted by molar-refractivity contribution is -0.252. The van der Waals surface area contributed by atoms with Gasteiger partial charge in [0.15, 0.2) is 5.58 Å². The van der Waals surface area contributed by atoms with Crippen LogP contribution in [-0.2, 0) is 32.5 Å². The number of ether oxygens (including phenoxy) is 2. The molecule has 2 fully saturated rings. The van der Waals surface area contributed by atoms with Gasteiger partial charge >= 0.3 is 11.9 Å². The zero-order chi connectivity index (χ0) is 29.4. The molecule has 2 aromatic heterocycles. The number of aromatic nitrogens is 2.